The summed E-state index contributed by atoms with van der Waals surface area (Å²) in [5.41, 5.74) is 8.37. The molecule has 2 aromatic heterocycles. The monoisotopic (exact) mass is 906 g/mol. The first kappa shape index (κ1) is 42.6. The highest BCUT2D eigenvalue weighted by Crippen LogP contribution is 2.36. The molecule has 0 radical (unpaired) electrons. The Bertz CT molecular complexity index is 2000. The summed E-state index contributed by atoms with van der Waals surface area (Å²) in [5, 5.41) is 15.7. The second kappa shape index (κ2) is 21.1. The zero-order valence-electron chi connectivity index (χ0n) is 32.7. The molecule has 0 bridgehead atoms. The molecule has 57 heavy (non-hydrogen) atoms. The van der Waals surface area contributed by atoms with Crippen LogP contribution in [0.15, 0.2) is 57.5 Å². The van der Waals surface area contributed by atoms with Crippen LogP contribution in [-0.4, -0.2) is 53.6 Å². The number of unbranched alkanes of at least 4 members (excludes halogenated alkanes) is 1. The molecule has 2 aliphatic carbocycles. The zero-order chi connectivity index (χ0) is 40.1. The van der Waals surface area contributed by atoms with Crippen molar-refractivity contribution in [3.8, 4) is 34.6 Å². The molecule has 11 nitrogen and oxygen atoms in total. The lowest BCUT2D eigenvalue weighted by molar-refractivity contribution is -0.137. The van der Waals surface area contributed by atoms with Crippen molar-refractivity contribution in [1.29, 1.82) is 0 Å². The number of nitrogens with zero attached hydrogens (tertiary/aromatic N) is 2. The van der Waals surface area contributed by atoms with Crippen molar-refractivity contribution in [3.63, 3.8) is 0 Å². The number of aromatic nitrogens is 2. The van der Waals surface area contributed by atoms with Gasteiger partial charge in [0, 0.05) is 37.1 Å². The fourth-order valence-corrected chi connectivity index (χ4v) is 7.29. The van der Waals surface area contributed by atoms with Crippen LogP contribution in [-0.2, 0) is 35.9 Å². The van der Waals surface area contributed by atoms with E-state index in [0.717, 1.165) is 85.5 Å². The summed E-state index contributed by atoms with van der Waals surface area (Å²) in [7, 11) is 0. The topological polar surface area (TPSA) is 141 Å². The highest BCUT2D eigenvalue weighted by molar-refractivity contribution is 9.10. The Morgan fingerprint density at radius 2 is 1.19 bits per heavy atom. The molecule has 2 heterocycles. The molecule has 0 unspecified atom stereocenters. The minimum absolute atomic E-state index is 0.125. The van der Waals surface area contributed by atoms with Crippen LogP contribution in [0, 0.1) is 25.7 Å². The predicted octanol–water partition coefficient (Wildman–Crippen LogP) is 9.04. The fourth-order valence-electron chi connectivity index (χ4n) is 6.33. The van der Waals surface area contributed by atoms with Crippen LogP contribution in [0.25, 0.3) is 11.1 Å². The van der Waals surface area contributed by atoms with Gasteiger partial charge in [-0.2, -0.15) is 9.97 Å². The number of benzene rings is 2. The number of carbonyl (C=O) groups is 2. The number of nitrogens with one attached hydrogen (secondary N) is 2. The minimum Gasteiger partial charge on any atom is -0.481 e. The van der Waals surface area contributed by atoms with Crippen molar-refractivity contribution in [2.24, 2.45) is 11.8 Å². The Hall–Kier alpha value is -4.04. The van der Waals surface area contributed by atoms with E-state index in [0.29, 0.717) is 94.3 Å². The molecule has 0 atom stereocenters. The summed E-state index contributed by atoms with van der Waals surface area (Å²) in [6.45, 7) is 8.55. The van der Waals surface area contributed by atoms with Crippen molar-refractivity contribution >= 4 is 44.1 Å². The molecular weight excluding hydrogens is 856 g/mol. The van der Waals surface area contributed by atoms with Gasteiger partial charge in [0.2, 0.25) is 23.5 Å². The molecule has 0 amide bonds. The third-order valence-electron chi connectivity index (χ3n) is 10.2. The normalized spacial score (nSPS) is 13.7. The number of ether oxygens (including phenoxy) is 4. The third kappa shape index (κ3) is 12.7. The Kier molecular flexibility index (Phi) is 15.8. The Morgan fingerprint density at radius 1 is 0.719 bits per heavy atom. The molecule has 2 saturated carbocycles. The molecule has 0 saturated heterocycles. The second-order valence-corrected chi connectivity index (χ2v) is 16.6. The molecule has 3 N–H and O–H groups in total. The van der Waals surface area contributed by atoms with Gasteiger partial charge in [-0.05, 0) is 155 Å². The highest BCUT2D eigenvalue weighted by atomic mass is 79.9. The number of rotatable bonds is 25. The maximum absolute atomic E-state index is 10.9. The van der Waals surface area contributed by atoms with Gasteiger partial charge in [0.05, 0.1) is 22.2 Å². The van der Waals surface area contributed by atoms with Crippen molar-refractivity contribution in [1.82, 2.24) is 20.6 Å². The number of carboxylic acids is 1. The summed E-state index contributed by atoms with van der Waals surface area (Å²) < 4.78 is 26.5. The lowest BCUT2D eigenvalue weighted by Gasteiger charge is -2.18. The van der Waals surface area contributed by atoms with Crippen molar-refractivity contribution in [2.45, 2.75) is 91.5 Å². The van der Waals surface area contributed by atoms with Crippen LogP contribution in [0.3, 0.4) is 0 Å². The molecule has 13 heteroatoms. The largest absolute Gasteiger partial charge is 0.481 e. The van der Waals surface area contributed by atoms with Crippen LogP contribution < -0.4 is 29.6 Å². The van der Waals surface area contributed by atoms with Gasteiger partial charge in [0.1, 0.15) is 19.5 Å². The number of pyridine rings is 2. The lowest BCUT2D eigenvalue weighted by Crippen LogP contribution is -2.17. The van der Waals surface area contributed by atoms with Gasteiger partial charge in [-0.15, -0.1) is 0 Å². The maximum Gasteiger partial charge on any atom is 0.303 e. The SMILES string of the molecule is Cc1c(COc2nc(OCC3CC3)c(CNCCCC=O)cc2Br)cccc1-c1cccc(COc2nc(OCC3CC3)c(CNCCCC(=O)O)cc2Br)c1C. The van der Waals surface area contributed by atoms with E-state index in [1.165, 1.54) is 12.8 Å². The number of aliphatic carboxylic acids is 1. The molecule has 304 valence electrons. The summed E-state index contributed by atoms with van der Waals surface area (Å²) in [6, 6.07) is 16.5. The molecule has 0 aliphatic heterocycles. The van der Waals surface area contributed by atoms with E-state index in [-0.39, 0.29) is 6.42 Å². The minimum atomic E-state index is -0.798. The third-order valence-corrected chi connectivity index (χ3v) is 11.4. The lowest BCUT2D eigenvalue weighted by atomic mass is 9.92. The van der Waals surface area contributed by atoms with Crippen LogP contribution >= 0.6 is 31.9 Å². The van der Waals surface area contributed by atoms with E-state index in [4.69, 9.17) is 34.0 Å². The Labute approximate surface area is 351 Å². The Balaban J connectivity index is 1.13. The molecule has 6 rings (SSSR count). The fraction of sp³-hybridized carbons (Fsp3) is 0.455. The second-order valence-electron chi connectivity index (χ2n) is 14.9. The number of carboxylic acid groups (broad SMARTS) is 1. The van der Waals surface area contributed by atoms with Gasteiger partial charge in [-0.3, -0.25) is 4.79 Å². The van der Waals surface area contributed by atoms with E-state index >= 15 is 0 Å². The quantitative estimate of drug-likeness (QED) is 0.0434. The van der Waals surface area contributed by atoms with Gasteiger partial charge >= 0.3 is 5.97 Å². The Morgan fingerprint density at radius 3 is 1.63 bits per heavy atom. The van der Waals surface area contributed by atoms with Crippen molar-refractivity contribution < 1.29 is 33.6 Å². The van der Waals surface area contributed by atoms with Crippen LogP contribution in [0.1, 0.15) is 84.7 Å². The highest BCUT2D eigenvalue weighted by Gasteiger charge is 2.25. The van der Waals surface area contributed by atoms with E-state index in [9.17, 15) is 9.59 Å². The van der Waals surface area contributed by atoms with E-state index in [1.54, 1.807) is 0 Å². The zero-order valence-corrected chi connectivity index (χ0v) is 35.9. The molecule has 2 fully saturated rings. The van der Waals surface area contributed by atoms with E-state index in [1.807, 2.05) is 12.1 Å². The standard InChI is InChI=1S/C44H52Br2N4O7/c1-28-32(26-56-43-38(45)20-34(22-47-17-3-4-19-51)41(49-43)54-24-30-13-14-30)8-5-10-36(28)37-11-6-9-33(29(37)2)27-57-44-39(46)21-35(23-48-18-7-12-40(52)53)42(50-44)55-25-31-15-16-31/h5-6,8-11,19-21,30-31,47-48H,3-4,7,12-18,22-27H2,1-2H3,(H,52,53). The van der Waals surface area contributed by atoms with Gasteiger partial charge < -0.3 is 39.5 Å². The van der Waals surface area contributed by atoms with E-state index < -0.39 is 5.97 Å². The van der Waals surface area contributed by atoms with Gasteiger partial charge in [-0.25, -0.2) is 0 Å². The summed E-state index contributed by atoms with van der Waals surface area (Å²) in [5.74, 6) is 2.38. The average molecular weight is 909 g/mol. The van der Waals surface area contributed by atoms with Gasteiger partial charge in [0.15, 0.2) is 0 Å². The number of aldehydes is 1. The molecule has 0 spiro atoms. The maximum atomic E-state index is 10.9. The van der Waals surface area contributed by atoms with Crippen LogP contribution in [0.5, 0.6) is 23.5 Å². The van der Waals surface area contributed by atoms with Gasteiger partial charge in [0.25, 0.3) is 0 Å². The molecular formula is C44H52Br2N4O7. The number of halogens is 2. The first-order valence-electron chi connectivity index (χ1n) is 19.8. The molecule has 4 aromatic rings. The number of hydrogen-bond acceptors (Lipinski definition) is 10. The predicted molar refractivity (Wildman–Crippen MR) is 226 cm³/mol. The average Bonchev–Trinajstić information content (AvgIpc) is 4.14. The summed E-state index contributed by atoms with van der Waals surface area (Å²) >= 11 is 7.35. The smallest absolute Gasteiger partial charge is 0.303 e. The molecule has 2 aromatic carbocycles. The summed E-state index contributed by atoms with van der Waals surface area (Å²) in [6.07, 6.45) is 7.63. The summed E-state index contributed by atoms with van der Waals surface area (Å²) in [4.78, 5) is 31.2. The molecule has 2 aliphatic rings. The van der Waals surface area contributed by atoms with Crippen LogP contribution in [0.2, 0.25) is 0 Å². The van der Waals surface area contributed by atoms with Crippen molar-refractivity contribution in [3.05, 3.63) is 90.9 Å². The van der Waals surface area contributed by atoms with Crippen LogP contribution in [0.4, 0.5) is 0 Å². The number of hydrogen-bond donors (Lipinski definition) is 3. The van der Waals surface area contributed by atoms with E-state index in [2.05, 4.69) is 92.7 Å². The first-order valence-corrected chi connectivity index (χ1v) is 21.4. The van der Waals surface area contributed by atoms with Crippen molar-refractivity contribution in [2.75, 3.05) is 26.3 Å². The number of carbonyl (C=O) groups excluding carboxylic acids is 1. The first-order chi connectivity index (χ1) is 27.7. The van der Waals surface area contributed by atoms with Gasteiger partial charge in [-0.1, -0.05) is 36.4 Å².